The number of hydrogen-bond acceptors (Lipinski definition) is 22. The maximum atomic E-state index is 15.8. The van der Waals surface area contributed by atoms with Gasteiger partial charge in [-0.1, -0.05) is 77.8 Å². The summed E-state index contributed by atoms with van der Waals surface area (Å²) in [4.78, 5) is 67.1. The molecule has 2 amide bonds. The zero-order chi connectivity index (χ0) is 67.3. The van der Waals surface area contributed by atoms with Crippen LogP contribution in [-0.2, 0) is 49.4 Å². The summed E-state index contributed by atoms with van der Waals surface area (Å²) in [5, 5.41) is 118. The Morgan fingerprint density at radius 2 is 1.47 bits per heavy atom. The summed E-state index contributed by atoms with van der Waals surface area (Å²) in [6.45, 7) is 12.8. The number of unbranched alkanes of at least 4 members (excludes halogenated alkanes) is 2. The van der Waals surface area contributed by atoms with E-state index in [1.165, 1.54) is 13.0 Å². The zero-order valence-electron chi connectivity index (χ0n) is 54.3. The molecule has 24 nitrogen and oxygen atoms in total. The second-order valence-electron chi connectivity index (χ2n) is 29.6. The minimum atomic E-state index is -1.87. The van der Waals surface area contributed by atoms with Crippen LogP contribution in [0.5, 0.6) is 11.5 Å². The van der Waals surface area contributed by atoms with Gasteiger partial charge in [-0.3, -0.25) is 19.2 Å². The summed E-state index contributed by atoms with van der Waals surface area (Å²) >= 11 is 0. The summed E-state index contributed by atoms with van der Waals surface area (Å²) < 4.78 is 42.9. The molecule has 16 unspecified atom stereocenters. The molecule has 24 heteroatoms. The number of aromatic hydroxyl groups is 1. The molecule has 4 saturated carbocycles. The molecule has 516 valence electrons. The Balaban J connectivity index is 0.849. The van der Waals surface area contributed by atoms with Crippen molar-refractivity contribution in [1.29, 1.82) is 0 Å². The van der Waals surface area contributed by atoms with Crippen molar-refractivity contribution in [3.05, 3.63) is 70.8 Å². The summed E-state index contributed by atoms with van der Waals surface area (Å²) in [5.74, 6) is -3.61. The molecule has 3 aliphatic heterocycles. The normalized spacial score (nSPS) is 41.9. The second-order valence-corrected chi connectivity index (χ2v) is 29.6. The van der Waals surface area contributed by atoms with Crippen molar-refractivity contribution >= 4 is 30.4 Å². The van der Waals surface area contributed by atoms with Crippen LogP contribution in [0.25, 0.3) is 0 Å². The van der Waals surface area contributed by atoms with E-state index in [2.05, 4.69) is 51.3 Å². The van der Waals surface area contributed by atoms with Crippen LogP contribution in [0.3, 0.4) is 0 Å². The summed E-state index contributed by atoms with van der Waals surface area (Å²) in [7, 11) is 0. The first-order chi connectivity index (χ1) is 44.1. The van der Waals surface area contributed by atoms with Crippen LogP contribution in [-0.4, -0.2) is 200 Å². The number of carbonyl (C=O) groups is 5. The molecule has 2 aromatic rings. The van der Waals surface area contributed by atoms with Crippen LogP contribution in [0.15, 0.2) is 54.1 Å². The Labute approximate surface area is 542 Å². The Kier molecular flexibility index (Phi) is 21.2. The fraction of sp³-hybridized carbons (Fsp3) is 0.725. The fourth-order valence-corrected chi connectivity index (χ4v) is 17.9. The molecule has 93 heavy (non-hydrogen) atoms. The van der Waals surface area contributed by atoms with Crippen molar-refractivity contribution in [2.24, 2.45) is 56.2 Å². The molecule has 0 spiro atoms. The molecule has 12 N–H and O–H groups in total. The van der Waals surface area contributed by atoms with Crippen LogP contribution in [0.4, 0.5) is 0 Å². The van der Waals surface area contributed by atoms with Gasteiger partial charge in [-0.2, -0.15) is 0 Å². The number of aliphatic hydroxyl groups is 9. The highest BCUT2D eigenvalue weighted by Crippen LogP contribution is 2.76. The third-order valence-electron chi connectivity index (χ3n) is 23.7. The lowest BCUT2D eigenvalue weighted by Gasteiger charge is -2.71. The largest absolute Gasteiger partial charge is 0.507 e. The van der Waals surface area contributed by atoms with Gasteiger partial charge in [-0.15, -0.1) is 0 Å². The number of aliphatic hydroxyl groups excluding tert-OH is 9. The Morgan fingerprint density at radius 1 is 0.742 bits per heavy atom. The first-order valence-corrected chi connectivity index (χ1v) is 33.2. The summed E-state index contributed by atoms with van der Waals surface area (Å²) in [5.41, 5.74) is -1.91. The number of rotatable bonds is 21. The molecule has 2 aromatic carbocycles. The minimum absolute atomic E-state index is 0.0307. The van der Waals surface area contributed by atoms with Crippen molar-refractivity contribution in [2.45, 2.75) is 231 Å². The van der Waals surface area contributed by atoms with Gasteiger partial charge in [0.25, 0.3) is 5.91 Å². The molecule has 10 rings (SSSR count). The molecule has 7 fully saturated rings. The summed E-state index contributed by atoms with van der Waals surface area (Å²) in [6, 6.07) is 9.76. The number of hydrogen-bond donors (Lipinski definition) is 12. The minimum Gasteiger partial charge on any atom is -0.507 e. The van der Waals surface area contributed by atoms with Crippen molar-refractivity contribution in [3.8, 4) is 11.5 Å². The van der Waals surface area contributed by atoms with Gasteiger partial charge >= 0.3 is 5.97 Å². The van der Waals surface area contributed by atoms with E-state index in [0.29, 0.717) is 68.8 Å². The molecule has 3 saturated heterocycles. The van der Waals surface area contributed by atoms with Crippen molar-refractivity contribution < 1.29 is 108 Å². The van der Waals surface area contributed by atoms with E-state index >= 15 is 4.79 Å². The number of carbonyl (C=O) groups excluding carboxylic acids is 5. The first kappa shape index (κ1) is 70.8. The third kappa shape index (κ3) is 13.0. The fourth-order valence-electron chi connectivity index (χ4n) is 17.9. The molecule has 5 aliphatic carbocycles. The maximum Gasteiger partial charge on any atom is 0.317 e. The smallest absolute Gasteiger partial charge is 0.317 e. The standard InChI is InChI=1S/C69H98N2O22/c1-36-57(91-61-56(84)54(82)44(77)34-88-61)53(81)40(31-73)60(89-36)92-58-55(83)52(71-51(80)14-9-8-10-27-70-59(85)38-17-15-37(16-18-38)33-87-45-13-11-12-43(76)39(45)30-72)46(32-74)90-62(58)93-63(86)69-26-25-64(2,3)28-42(69)41-19-20-48-65(4)23-22-49(78)66(5,35-75)47(65)21-24-67(48,6)68(41,7)29-50(69)79/h11-13,15-19,30,35-36,40,42,44,46-50,52-58,60-62,73-74,76-79,81-84H,8-10,14,20-29,31-34H2,1-7H3,(H,70,85)(H,71,80)/t36?,40?,42?,44-,46?,47?,48?,49+,50?,52+,53?,54?,55?,56?,57+,58?,60+,61+,62+,65?,66?,67?,68?,69-/m1/s1. The van der Waals surface area contributed by atoms with Gasteiger partial charge in [0.05, 0.1) is 67.2 Å². The molecular formula is C69H98N2O22. The predicted molar refractivity (Wildman–Crippen MR) is 330 cm³/mol. The Morgan fingerprint density at radius 3 is 2.17 bits per heavy atom. The molecule has 0 aromatic heterocycles. The number of ether oxygens (including phenoxy) is 7. The zero-order valence-corrected chi connectivity index (χ0v) is 54.3. The Hall–Kier alpha value is -5.03. The van der Waals surface area contributed by atoms with Gasteiger partial charge in [-0.25, -0.2) is 0 Å². The SMILES string of the molecule is CC1O[C@@H](OC2C(O)[C@@H](NC(=O)CCCCCNC(=O)c3ccc(COc4cccc(O)c4C=O)cc3)C(CO)O[C@H]2OC(=O)[C@]23CCC(C)(C)CC2C2=CCC4C5(C)CC[C@H](O)C(C)(C=O)C5CCC4(C)C2(C)CC3O)C(CO)C(O)[C@H]1O[C@@H]1OC[C@@H](O)C(O)C1O. The van der Waals surface area contributed by atoms with Crippen LogP contribution in [0.1, 0.15) is 158 Å². The predicted octanol–water partition coefficient (Wildman–Crippen LogP) is 3.42. The molecule has 3 heterocycles. The van der Waals surface area contributed by atoms with Gasteiger partial charge in [-0.05, 0) is 147 Å². The van der Waals surface area contributed by atoms with Gasteiger partial charge in [0.2, 0.25) is 12.2 Å². The highest BCUT2D eigenvalue weighted by molar-refractivity contribution is 5.94. The number of amides is 2. The average molecular weight is 1310 g/mol. The third-order valence-corrected chi connectivity index (χ3v) is 23.7. The number of phenols is 1. The topological polar surface area (TPSA) is 376 Å². The highest BCUT2D eigenvalue weighted by Gasteiger charge is 2.72. The first-order valence-electron chi connectivity index (χ1n) is 33.2. The van der Waals surface area contributed by atoms with Crippen LogP contribution < -0.4 is 15.4 Å². The van der Waals surface area contributed by atoms with Crippen molar-refractivity contribution in [2.75, 3.05) is 26.4 Å². The van der Waals surface area contributed by atoms with Gasteiger partial charge < -0.3 is 99.7 Å². The average Bonchev–Trinajstić information content (AvgIpc) is 0.673. The van der Waals surface area contributed by atoms with Crippen molar-refractivity contribution in [1.82, 2.24) is 10.6 Å². The van der Waals surface area contributed by atoms with E-state index in [9.17, 15) is 70.2 Å². The number of benzene rings is 2. The van der Waals surface area contributed by atoms with Gasteiger partial charge in [0.1, 0.15) is 66.4 Å². The number of phenolic OH excluding ortho intramolecular Hbond substituents is 1. The van der Waals surface area contributed by atoms with Crippen molar-refractivity contribution in [3.63, 3.8) is 0 Å². The van der Waals surface area contributed by atoms with E-state index in [4.69, 9.17) is 33.2 Å². The molecule has 24 atom stereocenters. The van der Waals surface area contributed by atoms with Crippen LogP contribution in [0, 0.1) is 56.2 Å². The molecule has 8 aliphatic rings. The lowest BCUT2D eigenvalue weighted by molar-refractivity contribution is -0.365. The Bertz CT molecular complexity index is 3040. The molecule has 0 radical (unpaired) electrons. The lowest BCUT2D eigenvalue weighted by Crippen LogP contribution is -2.69. The van der Waals surface area contributed by atoms with Crippen LogP contribution in [0.2, 0.25) is 0 Å². The van der Waals surface area contributed by atoms with E-state index in [1.54, 1.807) is 36.4 Å². The van der Waals surface area contributed by atoms with E-state index < -0.39 is 157 Å². The molecular weight excluding hydrogens is 1210 g/mol. The van der Waals surface area contributed by atoms with E-state index in [-0.39, 0.29) is 78.0 Å². The van der Waals surface area contributed by atoms with Gasteiger partial charge in [0, 0.05) is 18.5 Å². The number of fused-ring (bicyclic) bond motifs is 7. The number of nitrogens with one attached hydrogen (secondary N) is 2. The highest BCUT2D eigenvalue weighted by atomic mass is 16.8. The van der Waals surface area contributed by atoms with Crippen LogP contribution >= 0.6 is 0 Å². The quantitative estimate of drug-likeness (QED) is 0.0369. The number of allylic oxidation sites excluding steroid dienone is 2. The monoisotopic (exact) mass is 1310 g/mol. The summed E-state index contributed by atoms with van der Waals surface area (Å²) in [6.07, 6.45) is -11.2. The second kappa shape index (κ2) is 27.8. The van der Waals surface area contributed by atoms with E-state index in [0.717, 1.165) is 24.7 Å². The van der Waals surface area contributed by atoms with Gasteiger partial charge in [0.15, 0.2) is 25.0 Å². The number of esters is 1. The lowest BCUT2D eigenvalue weighted by atomic mass is 9.33. The maximum absolute atomic E-state index is 15.8. The number of aldehydes is 2. The molecule has 0 bridgehead atoms. The van der Waals surface area contributed by atoms with E-state index in [1.807, 2.05) is 6.92 Å².